The fourth-order valence-electron chi connectivity index (χ4n) is 1.87. The van der Waals surface area contributed by atoms with Crippen LogP contribution in [0.15, 0.2) is 34.7 Å². The highest BCUT2D eigenvalue weighted by Crippen LogP contribution is 2.29. The third kappa shape index (κ3) is 3.34. The Morgan fingerprint density at radius 3 is 2.67 bits per heavy atom. The van der Waals surface area contributed by atoms with Crippen LogP contribution in [0.4, 0.5) is 5.69 Å². The van der Waals surface area contributed by atoms with Gasteiger partial charge in [-0.25, -0.2) is 13.4 Å². The second-order valence-corrected chi connectivity index (χ2v) is 7.52. The molecule has 0 aliphatic carbocycles. The van der Waals surface area contributed by atoms with Gasteiger partial charge in [-0.3, -0.25) is 0 Å². The van der Waals surface area contributed by atoms with Crippen LogP contribution in [-0.4, -0.2) is 20.5 Å². The fraction of sp³-hybridized carbons (Fsp3) is 0.308. The molecule has 114 valence electrons. The summed E-state index contributed by atoms with van der Waals surface area (Å²) in [5.74, 6) is 0.242. The van der Waals surface area contributed by atoms with Crippen molar-refractivity contribution in [2.24, 2.45) is 0 Å². The molecule has 0 saturated heterocycles. The number of sulfonamides is 1. The molecule has 6 nitrogen and oxygen atoms in total. The largest absolute Gasteiger partial charge is 0.495 e. The van der Waals surface area contributed by atoms with Gasteiger partial charge in [0.15, 0.2) is 0 Å². The Bertz CT molecular complexity index is 725. The van der Waals surface area contributed by atoms with Gasteiger partial charge in [0.25, 0.3) is 0 Å². The van der Waals surface area contributed by atoms with Gasteiger partial charge in [0, 0.05) is 17.3 Å². The van der Waals surface area contributed by atoms with Crippen LogP contribution in [0.3, 0.4) is 0 Å². The Morgan fingerprint density at radius 2 is 2.10 bits per heavy atom. The lowest BCUT2D eigenvalue weighted by molar-refractivity contribution is 0.400. The summed E-state index contributed by atoms with van der Waals surface area (Å²) in [4.78, 5) is 4.17. The molecule has 1 aromatic carbocycles. The molecule has 2 rings (SSSR count). The normalized spacial score (nSPS) is 12.3. The zero-order valence-corrected chi connectivity index (χ0v) is 13.6. The number of methoxy groups -OCH3 is 1. The zero-order chi connectivity index (χ0) is 15.7. The third-order valence-electron chi connectivity index (χ3n) is 2.83. The highest BCUT2D eigenvalue weighted by Gasteiger charge is 2.31. The summed E-state index contributed by atoms with van der Waals surface area (Å²) < 4.78 is 33.0. The lowest BCUT2D eigenvalue weighted by Crippen LogP contribution is -2.40. The van der Waals surface area contributed by atoms with Crippen molar-refractivity contribution >= 4 is 27.0 Å². The van der Waals surface area contributed by atoms with Gasteiger partial charge in [-0.05, 0) is 32.0 Å². The van der Waals surface area contributed by atoms with Gasteiger partial charge in [-0.2, -0.15) is 4.72 Å². The van der Waals surface area contributed by atoms with Crippen molar-refractivity contribution in [1.82, 2.24) is 9.71 Å². The van der Waals surface area contributed by atoms with Crippen molar-refractivity contribution in [3.63, 3.8) is 0 Å². The number of benzene rings is 1. The zero-order valence-electron chi connectivity index (χ0n) is 12.0. The molecule has 1 heterocycles. The van der Waals surface area contributed by atoms with E-state index in [1.165, 1.54) is 30.6 Å². The smallest absolute Gasteiger partial charge is 0.245 e. The van der Waals surface area contributed by atoms with E-state index in [1.807, 2.05) is 0 Å². The summed E-state index contributed by atoms with van der Waals surface area (Å²) in [7, 11) is -2.38. The van der Waals surface area contributed by atoms with E-state index >= 15 is 0 Å². The van der Waals surface area contributed by atoms with E-state index in [9.17, 15) is 8.42 Å². The van der Waals surface area contributed by atoms with E-state index in [2.05, 4.69) is 9.71 Å². The minimum atomic E-state index is -3.80. The summed E-state index contributed by atoms with van der Waals surface area (Å²) in [5, 5.41) is 2.47. The molecule has 0 amide bonds. The number of nitrogen functional groups attached to an aromatic ring is 1. The van der Waals surface area contributed by atoms with Crippen molar-refractivity contribution in [3.05, 3.63) is 34.8 Å². The average molecular weight is 327 g/mol. The van der Waals surface area contributed by atoms with Gasteiger partial charge in [0.2, 0.25) is 10.0 Å². The number of hydrogen-bond acceptors (Lipinski definition) is 6. The first-order valence-corrected chi connectivity index (χ1v) is 8.50. The van der Waals surface area contributed by atoms with E-state index < -0.39 is 15.6 Å². The standard InChI is InChI=1S/C13H17N3O3S2/c1-13(2,12-15-6-7-20-12)16-21(17,18)11-8-9(14)4-5-10(11)19-3/h4-8,16H,14H2,1-3H3. The summed E-state index contributed by atoms with van der Waals surface area (Å²) in [6.07, 6.45) is 1.64. The molecular weight excluding hydrogens is 310 g/mol. The SMILES string of the molecule is COc1ccc(N)cc1S(=O)(=O)NC(C)(C)c1nccs1. The Labute approximate surface area is 128 Å². The number of rotatable bonds is 5. The number of thiazole rings is 1. The molecule has 0 atom stereocenters. The average Bonchev–Trinajstić information content (AvgIpc) is 2.92. The molecule has 0 aliphatic heterocycles. The second kappa shape index (κ2) is 5.63. The molecule has 0 bridgehead atoms. The Kier molecular flexibility index (Phi) is 4.22. The van der Waals surface area contributed by atoms with E-state index in [1.54, 1.807) is 31.5 Å². The molecule has 3 N–H and O–H groups in total. The van der Waals surface area contributed by atoms with Gasteiger partial charge < -0.3 is 10.5 Å². The Balaban J connectivity index is 2.42. The van der Waals surface area contributed by atoms with Crippen LogP contribution in [-0.2, 0) is 15.6 Å². The molecule has 0 unspecified atom stereocenters. The lowest BCUT2D eigenvalue weighted by Gasteiger charge is -2.24. The molecule has 0 saturated carbocycles. The lowest BCUT2D eigenvalue weighted by atomic mass is 10.1. The fourth-order valence-corrected chi connectivity index (χ4v) is 4.24. The first-order chi connectivity index (χ1) is 9.76. The molecule has 2 aromatic rings. The maximum absolute atomic E-state index is 12.6. The highest BCUT2D eigenvalue weighted by atomic mass is 32.2. The van der Waals surface area contributed by atoms with Crippen LogP contribution in [0, 0.1) is 0 Å². The maximum Gasteiger partial charge on any atom is 0.245 e. The van der Waals surface area contributed by atoms with Crippen LogP contribution < -0.4 is 15.2 Å². The second-order valence-electron chi connectivity index (χ2n) is 4.98. The minimum Gasteiger partial charge on any atom is -0.495 e. The van der Waals surface area contributed by atoms with Crippen LogP contribution in [0.1, 0.15) is 18.9 Å². The topological polar surface area (TPSA) is 94.3 Å². The minimum absolute atomic E-state index is 0.00892. The number of nitrogens with two attached hydrogens (primary N) is 1. The van der Waals surface area contributed by atoms with Gasteiger partial charge in [0.05, 0.1) is 12.6 Å². The summed E-state index contributed by atoms with van der Waals surface area (Å²) in [5.41, 5.74) is 5.20. The predicted molar refractivity (Wildman–Crippen MR) is 82.9 cm³/mol. The van der Waals surface area contributed by atoms with Crippen LogP contribution in [0.25, 0.3) is 0 Å². The molecule has 0 aliphatic rings. The monoisotopic (exact) mass is 327 g/mol. The number of nitrogens with zero attached hydrogens (tertiary/aromatic N) is 1. The molecule has 0 fully saturated rings. The number of hydrogen-bond donors (Lipinski definition) is 2. The quantitative estimate of drug-likeness (QED) is 0.819. The number of ether oxygens (including phenoxy) is 1. The molecule has 0 spiro atoms. The van der Waals surface area contributed by atoms with Gasteiger partial charge in [-0.1, -0.05) is 0 Å². The molecule has 1 aromatic heterocycles. The summed E-state index contributed by atoms with van der Waals surface area (Å²) >= 11 is 1.38. The Morgan fingerprint density at radius 1 is 1.38 bits per heavy atom. The predicted octanol–water partition coefficient (Wildman–Crippen LogP) is 1.95. The van der Waals surface area contributed by atoms with Crippen molar-refractivity contribution in [1.29, 1.82) is 0 Å². The summed E-state index contributed by atoms with van der Waals surface area (Å²) in [6.45, 7) is 3.50. The van der Waals surface area contributed by atoms with E-state index in [-0.39, 0.29) is 10.6 Å². The van der Waals surface area contributed by atoms with Crippen molar-refractivity contribution in [2.45, 2.75) is 24.3 Å². The number of aromatic nitrogens is 1. The van der Waals surface area contributed by atoms with Crippen LogP contribution in [0.2, 0.25) is 0 Å². The first-order valence-electron chi connectivity index (χ1n) is 6.14. The molecule has 8 heteroatoms. The van der Waals surface area contributed by atoms with Gasteiger partial charge in [0.1, 0.15) is 15.7 Å². The highest BCUT2D eigenvalue weighted by molar-refractivity contribution is 7.89. The first kappa shape index (κ1) is 15.7. The van der Waals surface area contributed by atoms with E-state index in [0.717, 1.165) is 0 Å². The number of anilines is 1. The van der Waals surface area contributed by atoms with Crippen LogP contribution >= 0.6 is 11.3 Å². The molecule has 21 heavy (non-hydrogen) atoms. The summed E-state index contributed by atoms with van der Waals surface area (Å²) in [6, 6.07) is 4.49. The third-order valence-corrected chi connectivity index (χ3v) is 5.61. The van der Waals surface area contributed by atoms with E-state index in [0.29, 0.717) is 10.7 Å². The van der Waals surface area contributed by atoms with Crippen molar-refractivity contribution in [3.8, 4) is 5.75 Å². The number of nitrogens with one attached hydrogen (secondary N) is 1. The van der Waals surface area contributed by atoms with Gasteiger partial charge >= 0.3 is 0 Å². The van der Waals surface area contributed by atoms with Gasteiger partial charge in [-0.15, -0.1) is 11.3 Å². The van der Waals surface area contributed by atoms with Crippen LogP contribution in [0.5, 0.6) is 5.75 Å². The Hall–Kier alpha value is -1.64. The van der Waals surface area contributed by atoms with Crippen molar-refractivity contribution in [2.75, 3.05) is 12.8 Å². The molecular formula is C13H17N3O3S2. The van der Waals surface area contributed by atoms with Crippen molar-refractivity contribution < 1.29 is 13.2 Å². The molecule has 0 radical (unpaired) electrons. The maximum atomic E-state index is 12.6. The van der Waals surface area contributed by atoms with E-state index in [4.69, 9.17) is 10.5 Å².